The molecule has 0 aliphatic carbocycles. The van der Waals surface area contributed by atoms with Crippen LogP contribution >= 0.6 is 0 Å². The highest BCUT2D eigenvalue weighted by Crippen LogP contribution is 2.20. The first-order valence-corrected chi connectivity index (χ1v) is 10.4. The van der Waals surface area contributed by atoms with Gasteiger partial charge in [-0.05, 0) is 37.8 Å². The Labute approximate surface area is 161 Å². The highest BCUT2D eigenvalue weighted by Gasteiger charge is 2.29. The maximum Gasteiger partial charge on any atom is 0.317 e. The van der Waals surface area contributed by atoms with Crippen LogP contribution in [-0.2, 0) is 11.3 Å². The summed E-state index contributed by atoms with van der Waals surface area (Å²) in [6, 6.07) is 5.03. The molecule has 1 aromatic rings. The van der Waals surface area contributed by atoms with Crippen LogP contribution in [0.5, 0.6) is 0 Å². The first-order chi connectivity index (χ1) is 13.3. The Kier molecular flexibility index (Phi) is 6.32. The van der Waals surface area contributed by atoms with E-state index in [0.29, 0.717) is 12.1 Å². The van der Waals surface area contributed by atoms with Gasteiger partial charge in [0.15, 0.2) is 0 Å². The van der Waals surface area contributed by atoms with Gasteiger partial charge in [0.2, 0.25) is 0 Å². The molecule has 1 N–H and O–H groups in total. The molecule has 3 fully saturated rings. The second-order valence-corrected chi connectivity index (χ2v) is 7.95. The Hall–Kier alpha value is -1.57. The fourth-order valence-electron chi connectivity index (χ4n) is 4.46. The lowest BCUT2D eigenvalue weighted by Crippen LogP contribution is -2.55. The van der Waals surface area contributed by atoms with Crippen LogP contribution in [-0.4, -0.2) is 85.3 Å². The minimum atomic E-state index is 0.108. The molecule has 0 spiro atoms. The van der Waals surface area contributed by atoms with E-state index in [9.17, 15) is 4.79 Å². The van der Waals surface area contributed by atoms with Gasteiger partial charge in [0.1, 0.15) is 5.76 Å². The largest absolute Gasteiger partial charge is 0.468 e. The van der Waals surface area contributed by atoms with E-state index in [1.807, 2.05) is 17.0 Å². The summed E-state index contributed by atoms with van der Waals surface area (Å²) in [7, 11) is 0. The Morgan fingerprint density at radius 3 is 2.44 bits per heavy atom. The van der Waals surface area contributed by atoms with E-state index >= 15 is 0 Å². The van der Waals surface area contributed by atoms with E-state index in [0.717, 1.165) is 90.5 Å². The van der Waals surface area contributed by atoms with E-state index in [4.69, 9.17) is 9.15 Å². The van der Waals surface area contributed by atoms with Crippen LogP contribution < -0.4 is 5.32 Å². The number of carbonyl (C=O) groups excluding carboxylic acids is 1. The molecule has 0 bridgehead atoms. The molecule has 4 heterocycles. The van der Waals surface area contributed by atoms with Crippen molar-refractivity contribution in [2.75, 3.05) is 52.5 Å². The first kappa shape index (κ1) is 18.8. The monoisotopic (exact) mass is 376 g/mol. The molecule has 7 heteroatoms. The predicted molar refractivity (Wildman–Crippen MR) is 103 cm³/mol. The normalized spacial score (nSPS) is 24.2. The number of piperidine rings is 1. The van der Waals surface area contributed by atoms with Crippen LogP contribution in [0.4, 0.5) is 4.79 Å². The molecule has 150 valence electrons. The van der Waals surface area contributed by atoms with Gasteiger partial charge in [0.25, 0.3) is 0 Å². The average Bonchev–Trinajstić information content (AvgIpc) is 3.23. The minimum absolute atomic E-state index is 0.108. The number of hydrogen-bond donors (Lipinski definition) is 1. The Morgan fingerprint density at radius 1 is 1.04 bits per heavy atom. The molecule has 0 unspecified atom stereocenters. The van der Waals surface area contributed by atoms with E-state index in [1.54, 1.807) is 6.26 Å². The summed E-state index contributed by atoms with van der Waals surface area (Å²) in [5.41, 5.74) is 0. The number of rotatable bonds is 4. The van der Waals surface area contributed by atoms with Gasteiger partial charge >= 0.3 is 6.03 Å². The molecular formula is C20H32N4O3. The Morgan fingerprint density at radius 2 is 1.78 bits per heavy atom. The van der Waals surface area contributed by atoms with Gasteiger partial charge in [-0.15, -0.1) is 0 Å². The zero-order chi connectivity index (χ0) is 18.5. The highest BCUT2D eigenvalue weighted by atomic mass is 16.5. The Balaban J connectivity index is 1.16. The topological polar surface area (TPSA) is 61.2 Å². The van der Waals surface area contributed by atoms with Gasteiger partial charge in [-0.3, -0.25) is 4.90 Å². The third-order valence-electron chi connectivity index (χ3n) is 6.18. The molecule has 0 atom stereocenters. The molecule has 7 nitrogen and oxygen atoms in total. The van der Waals surface area contributed by atoms with Crippen LogP contribution in [0.1, 0.15) is 31.4 Å². The lowest BCUT2D eigenvalue weighted by molar-refractivity contribution is 0.0240. The number of furan rings is 1. The van der Waals surface area contributed by atoms with Gasteiger partial charge in [-0.1, -0.05) is 0 Å². The van der Waals surface area contributed by atoms with Crippen molar-refractivity contribution in [3.05, 3.63) is 24.2 Å². The predicted octanol–water partition coefficient (Wildman–Crippen LogP) is 1.75. The number of carbonyl (C=O) groups is 1. The molecule has 1 aromatic heterocycles. The van der Waals surface area contributed by atoms with E-state index in [-0.39, 0.29) is 6.03 Å². The lowest BCUT2D eigenvalue weighted by atomic mass is 10.00. The van der Waals surface area contributed by atoms with Crippen molar-refractivity contribution in [2.24, 2.45) is 0 Å². The molecule has 3 aliphatic rings. The van der Waals surface area contributed by atoms with E-state index < -0.39 is 0 Å². The number of amides is 2. The summed E-state index contributed by atoms with van der Waals surface area (Å²) in [5, 5.41) is 3.27. The first-order valence-electron chi connectivity index (χ1n) is 10.4. The fourth-order valence-corrected chi connectivity index (χ4v) is 4.46. The minimum Gasteiger partial charge on any atom is -0.468 e. The maximum absolute atomic E-state index is 12.6. The number of nitrogens with one attached hydrogen (secondary N) is 1. The number of urea groups is 1. The number of likely N-dealkylation sites (tertiary alicyclic amines) is 1. The zero-order valence-electron chi connectivity index (χ0n) is 16.1. The summed E-state index contributed by atoms with van der Waals surface area (Å²) in [4.78, 5) is 19.5. The number of hydrogen-bond acceptors (Lipinski definition) is 5. The number of piperazine rings is 1. The van der Waals surface area contributed by atoms with Gasteiger partial charge < -0.3 is 24.3 Å². The summed E-state index contributed by atoms with van der Waals surface area (Å²) >= 11 is 0. The Bertz CT molecular complexity index is 572. The molecule has 4 rings (SSSR count). The van der Waals surface area contributed by atoms with Crippen molar-refractivity contribution in [2.45, 2.75) is 44.3 Å². The van der Waals surface area contributed by atoms with Crippen LogP contribution in [0.25, 0.3) is 0 Å². The van der Waals surface area contributed by atoms with Crippen LogP contribution in [0.15, 0.2) is 22.8 Å². The molecule has 2 amide bonds. The maximum atomic E-state index is 12.6. The molecule has 0 radical (unpaired) electrons. The van der Waals surface area contributed by atoms with Crippen molar-refractivity contribution < 1.29 is 13.9 Å². The summed E-state index contributed by atoms with van der Waals surface area (Å²) in [5.74, 6) is 0.990. The smallest absolute Gasteiger partial charge is 0.317 e. The number of ether oxygens (including phenoxy) is 1. The molecule has 3 aliphatic heterocycles. The quantitative estimate of drug-likeness (QED) is 0.868. The van der Waals surface area contributed by atoms with Crippen molar-refractivity contribution in [1.82, 2.24) is 20.0 Å². The van der Waals surface area contributed by atoms with Crippen molar-refractivity contribution >= 4 is 6.03 Å². The van der Waals surface area contributed by atoms with Gasteiger partial charge in [0, 0.05) is 64.6 Å². The van der Waals surface area contributed by atoms with Gasteiger partial charge in [-0.25, -0.2) is 4.79 Å². The standard InChI is InChI=1S/C20H32N4O3/c25-20(24-11-9-22(10-12-24)16-19-2-1-13-27-19)21-17-3-7-23(8-4-17)18-5-14-26-15-6-18/h1-2,13,17-18H,3-12,14-16H2,(H,21,25). The molecule has 3 saturated heterocycles. The molecule has 27 heavy (non-hydrogen) atoms. The number of nitrogens with zero attached hydrogens (tertiary/aromatic N) is 3. The van der Waals surface area contributed by atoms with Crippen molar-refractivity contribution in [3.8, 4) is 0 Å². The van der Waals surface area contributed by atoms with Crippen LogP contribution in [0.2, 0.25) is 0 Å². The third-order valence-corrected chi connectivity index (χ3v) is 6.18. The second kappa shape index (κ2) is 9.08. The summed E-state index contributed by atoms with van der Waals surface area (Å²) < 4.78 is 10.9. The summed E-state index contributed by atoms with van der Waals surface area (Å²) in [6.07, 6.45) is 6.13. The molecular weight excluding hydrogens is 344 g/mol. The van der Waals surface area contributed by atoms with Gasteiger partial charge in [-0.2, -0.15) is 0 Å². The van der Waals surface area contributed by atoms with Crippen molar-refractivity contribution in [1.29, 1.82) is 0 Å². The molecule has 0 saturated carbocycles. The van der Waals surface area contributed by atoms with Gasteiger partial charge in [0.05, 0.1) is 12.8 Å². The SMILES string of the molecule is O=C(NC1CCN(C2CCOCC2)CC1)N1CCN(Cc2ccco2)CC1. The fraction of sp³-hybridized carbons (Fsp3) is 0.750. The lowest BCUT2D eigenvalue weighted by Gasteiger charge is -2.40. The van der Waals surface area contributed by atoms with Crippen molar-refractivity contribution in [3.63, 3.8) is 0 Å². The third kappa shape index (κ3) is 5.03. The highest BCUT2D eigenvalue weighted by molar-refractivity contribution is 5.74. The average molecular weight is 377 g/mol. The second-order valence-electron chi connectivity index (χ2n) is 7.95. The van der Waals surface area contributed by atoms with Crippen LogP contribution in [0, 0.1) is 0 Å². The van der Waals surface area contributed by atoms with Crippen LogP contribution in [0.3, 0.4) is 0 Å². The molecule has 0 aromatic carbocycles. The van der Waals surface area contributed by atoms with E-state index in [2.05, 4.69) is 15.1 Å². The van der Waals surface area contributed by atoms with E-state index in [1.165, 1.54) is 0 Å². The zero-order valence-corrected chi connectivity index (χ0v) is 16.1. The summed E-state index contributed by atoms with van der Waals surface area (Å²) in [6.45, 7) is 8.17.